The van der Waals surface area contributed by atoms with Crippen LogP contribution in [0.25, 0.3) is 0 Å². The summed E-state index contributed by atoms with van der Waals surface area (Å²) in [6.07, 6.45) is 2.90. The molecule has 1 nitrogen and oxygen atoms in total. The number of unbranched alkanes of at least 4 members (excludes halogenated alkanes) is 2. The normalized spacial score (nSPS) is 8.31. The molecule has 1 aromatic rings. The number of carbonyl (C=O) groups excluding carboxylic acids is 1. The Morgan fingerprint density at radius 2 is 1.94 bits per heavy atom. The van der Waals surface area contributed by atoms with Crippen molar-refractivity contribution in [3.63, 3.8) is 0 Å². The lowest BCUT2D eigenvalue weighted by Crippen LogP contribution is -1.86. The lowest BCUT2D eigenvalue weighted by molar-refractivity contribution is -0.108. The zero-order valence-electron chi connectivity index (χ0n) is 9.42. The molecule has 0 aromatic heterocycles. The van der Waals surface area contributed by atoms with Crippen LogP contribution < -0.4 is 0 Å². The molecular weight excluding hydrogens is 196 g/mol. The van der Waals surface area contributed by atoms with Crippen molar-refractivity contribution in [2.45, 2.75) is 26.2 Å². The van der Waals surface area contributed by atoms with Crippen molar-refractivity contribution in [2.24, 2.45) is 0 Å². The van der Waals surface area contributed by atoms with Crippen LogP contribution in [0.5, 0.6) is 0 Å². The first-order chi connectivity index (χ1) is 7.83. The predicted molar refractivity (Wildman–Crippen MR) is 65.6 cm³/mol. The van der Waals surface area contributed by atoms with Crippen LogP contribution in [-0.2, 0) is 4.79 Å². The highest BCUT2D eigenvalue weighted by molar-refractivity contribution is 6.09. The minimum atomic E-state index is -0.306. The van der Waals surface area contributed by atoms with Crippen LogP contribution in [0.2, 0.25) is 0 Å². The molecule has 0 N–H and O–H groups in total. The van der Waals surface area contributed by atoms with E-state index < -0.39 is 0 Å². The highest BCUT2D eigenvalue weighted by Gasteiger charge is 1.87. The molecule has 0 amide bonds. The summed E-state index contributed by atoms with van der Waals surface area (Å²) in [5.41, 5.74) is 0.839. The maximum Gasteiger partial charge on any atom is 0.279 e. The van der Waals surface area contributed by atoms with Crippen LogP contribution in [0.3, 0.4) is 0 Å². The van der Waals surface area contributed by atoms with E-state index in [9.17, 15) is 4.79 Å². The maximum absolute atomic E-state index is 11.2. The Balaban J connectivity index is 2.51. The fraction of sp³-hybridized carbons (Fsp3) is 0.267. The zero-order valence-corrected chi connectivity index (χ0v) is 9.42. The Kier molecular flexibility index (Phi) is 5.53. The van der Waals surface area contributed by atoms with Gasteiger partial charge in [0.1, 0.15) is 0 Å². The van der Waals surface area contributed by atoms with Crippen LogP contribution in [-0.4, -0.2) is 5.78 Å². The summed E-state index contributed by atoms with van der Waals surface area (Å²) in [4.78, 5) is 11.2. The molecule has 0 radical (unpaired) electrons. The van der Waals surface area contributed by atoms with Crippen LogP contribution in [0.1, 0.15) is 31.7 Å². The van der Waals surface area contributed by atoms with Gasteiger partial charge in [0, 0.05) is 12.0 Å². The summed E-state index contributed by atoms with van der Waals surface area (Å²) in [6, 6.07) is 9.43. The van der Waals surface area contributed by atoms with E-state index in [0.29, 0.717) is 0 Å². The van der Waals surface area contributed by atoms with Crippen LogP contribution >= 0.6 is 0 Å². The summed E-state index contributed by atoms with van der Waals surface area (Å²) < 4.78 is 0. The second-order valence-electron chi connectivity index (χ2n) is 3.35. The first kappa shape index (κ1) is 12.1. The van der Waals surface area contributed by atoms with Crippen LogP contribution in [0, 0.1) is 23.7 Å². The number of carbonyl (C=O) groups is 1. The molecule has 1 rings (SSSR count). The summed E-state index contributed by atoms with van der Waals surface area (Å²) in [5.74, 6) is 10.3. The predicted octanol–water partition coefficient (Wildman–Crippen LogP) is 2.80. The Hall–Kier alpha value is -1.99. The van der Waals surface area contributed by atoms with Gasteiger partial charge in [-0.1, -0.05) is 43.4 Å². The molecule has 0 heterocycles. The van der Waals surface area contributed by atoms with E-state index in [1.165, 1.54) is 0 Å². The van der Waals surface area contributed by atoms with E-state index >= 15 is 0 Å². The minimum Gasteiger partial charge on any atom is -0.270 e. The van der Waals surface area contributed by atoms with Gasteiger partial charge in [-0.15, -0.1) is 0 Å². The van der Waals surface area contributed by atoms with Gasteiger partial charge >= 0.3 is 0 Å². The standard InChI is InChI=1S/C15H14O/c1-2-3-4-8-11-15(16)13-12-14-9-6-5-7-10-14/h5-7,9-10H,2-4H2,1H3. The van der Waals surface area contributed by atoms with Crippen molar-refractivity contribution in [2.75, 3.05) is 0 Å². The Morgan fingerprint density at radius 3 is 2.62 bits per heavy atom. The molecular formula is C15H14O. The largest absolute Gasteiger partial charge is 0.279 e. The van der Waals surface area contributed by atoms with Crippen molar-refractivity contribution < 1.29 is 4.79 Å². The van der Waals surface area contributed by atoms with Crippen molar-refractivity contribution in [1.82, 2.24) is 0 Å². The second-order valence-corrected chi connectivity index (χ2v) is 3.35. The number of ketones is 1. The third kappa shape index (κ3) is 5.03. The number of hydrogen-bond donors (Lipinski definition) is 0. The van der Waals surface area contributed by atoms with E-state index in [2.05, 4.69) is 30.6 Å². The molecule has 0 aliphatic rings. The van der Waals surface area contributed by atoms with E-state index in [-0.39, 0.29) is 5.78 Å². The lowest BCUT2D eigenvalue weighted by Gasteiger charge is -1.84. The highest BCUT2D eigenvalue weighted by Crippen LogP contribution is 1.94. The molecule has 0 aliphatic heterocycles. The Morgan fingerprint density at radius 1 is 1.19 bits per heavy atom. The van der Waals surface area contributed by atoms with Crippen molar-refractivity contribution in [1.29, 1.82) is 0 Å². The minimum absolute atomic E-state index is 0.306. The topological polar surface area (TPSA) is 17.1 Å². The molecule has 0 unspecified atom stereocenters. The van der Waals surface area contributed by atoms with Gasteiger partial charge in [0.2, 0.25) is 0 Å². The van der Waals surface area contributed by atoms with Crippen LogP contribution in [0.15, 0.2) is 30.3 Å². The SMILES string of the molecule is CCCCC#CC(=O)C#Cc1ccccc1. The molecule has 1 heteroatoms. The Bertz CT molecular complexity index is 449. The van der Waals surface area contributed by atoms with Crippen molar-refractivity contribution >= 4 is 5.78 Å². The fourth-order valence-electron chi connectivity index (χ4n) is 1.09. The smallest absolute Gasteiger partial charge is 0.270 e. The third-order valence-electron chi connectivity index (χ3n) is 1.95. The van der Waals surface area contributed by atoms with Gasteiger partial charge in [-0.05, 0) is 30.4 Å². The third-order valence-corrected chi connectivity index (χ3v) is 1.95. The average Bonchev–Trinajstić information content (AvgIpc) is 2.33. The van der Waals surface area contributed by atoms with Gasteiger partial charge in [0.15, 0.2) is 0 Å². The zero-order chi connectivity index (χ0) is 11.6. The van der Waals surface area contributed by atoms with Crippen molar-refractivity contribution in [3.05, 3.63) is 35.9 Å². The van der Waals surface area contributed by atoms with Gasteiger partial charge in [-0.2, -0.15) is 0 Å². The lowest BCUT2D eigenvalue weighted by atomic mass is 10.2. The quantitative estimate of drug-likeness (QED) is 0.417. The van der Waals surface area contributed by atoms with E-state index in [1.807, 2.05) is 30.3 Å². The first-order valence-corrected chi connectivity index (χ1v) is 5.43. The number of rotatable bonds is 2. The molecule has 0 spiro atoms. The second kappa shape index (κ2) is 7.32. The summed E-state index contributed by atoms with van der Waals surface area (Å²) >= 11 is 0. The molecule has 0 fully saturated rings. The molecule has 1 aromatic carbocycles. The number of hydrogen-bond acceptors (Lipinski definition) is 1. The summed E-state index contributed by atoms with van der Waals surface area (Å²) in [7, 11) is 0. The number of benzene rings is 1. The number of Topliss-reactive ketones (excluding diaryl/α,β-unsaturated/α-hetero) is 1. The summed E-state index contributed by atoms with van der Waals surface area (Å²) in [6.45, 7) is 2.10. The molecule has 0 aliphatic carbocycles. The average molecular weight is 210 g/mol. The molecule has 0 atom stereocenters. The van der Waals surface area contributed by atoms with Gasteiger partial charge in [0.25, 0.3) is 5.78 Å². The van der Waals surface area contributed by atoms with E-state index in [4.69, 9.17) is 0 Å². The summed E-state index contributed by atoms with van der Waals surface area (Å²) in [5, 5.41) is 0. The van der Waals surface area contributed by atoms with Crippen LogP contribution in [0.4, 0.5) is 0 Å². The Labute approximate surface area is 96.9 Å². The van der Waals surface area contributed by atoms with E-state index in [0.717, 1.165) is 24.8 Å². The molecule has 0 saturated heterocycles. The fourth-order valence-corrected chi connectivity index (χ4v) is 1.09. The monoisotopic (exact) mass is 210 g/mol. The van der Waals surface area contributed by atoms with Gasteiger partial charge in [0.05, 0.1) is 0 Å². The maximum atomic E-state index is 11.2. The van der Waals surface area contributed by atoms with Gasteiger partial charge in [-0.3, -0.25) is 4.79 Å². The molecule has 0 bridgehead atoms. The van der Waals surface area contributed by atoms with Crippen molar-refractivity contribution in [3.8, 4) is 23.7 Å². The van der Waals surface area contributed by atoms with E-state index in [1.54, 1.807) is 0 Å². The molecule has 16 heavy (non-hydrogen) atoms. The molecule has 80 valence electrons. The van der Waals surface area contributed by atoms with Gasteiger partial charge in [-0.25, -0.2) is 0 Å². The van der Waals surface area contributed by atoms with Gasteiger partial charge < -0.3 is 0 Å². The molecule has 0 saturated carbocycles. The highest BCUT2D eigenvalue weighted by atomic mass is 16.1. The first-order valence-electron chi connectivity index (χ1n) is 5.43.